The van der Waals surface area contributed by atoms with Crippen LogP contribution in [0, 0.1) is 0 Å². The molecule has 0 radical (unpaired) electrons. The first-order valence-corrected chi connectivity index (χ1v) is 12.6. The third-order valence-corrected chi connectivity index (χ3v) is 5.22. The Morgan fingerprint density at radius 1 is 1.06 bits per heavy atom. The van der Waals surface area contributed by atoms with Gasteiger partial charge in [0, 0.05) is 12.1 Å². The molecule has 0 bridgehead atoms. The number of amides is 3. The number of nitrogens with one attached hydrogen (secondary N) is 2. The van der Waals surface area contributed by atoms with Gasteiger partial charge in [-0.05, 0) is 84.6 Å². The zero-order valence-corrected chi connectivity index (χ0v) is 21.8. The maximum atomic E-state index is 13.8. The van der Waals surface area contributed by atoms with Crippen molar-refractivity contribution in [3.05, 3.63) is 29.8 Å². The Morgan fingerprint density at radius 2 is 1.64 bits per heavy atom. The number of hydrogen-bond acceptors (Lipinski definition) is 6. The number of aromatic hydroxyl groups is 1. The van der Waals surface area contributed by atoms with Crippen molar-refractivity contribution in [1.82, 2.24) is 15.5 Å². The molecule has 0 saturated carbocycles. The van der Waals surface area contributed by atoms with E-state index < -0.39 is 23.8 Å². The third-order valence-electron chi connectivity index (χ3n) is 4.58. The number of alkyl carbamates (subject to hydrolysis) is 1. The van der Waals surface area contributed by atoms with Crippen molar-refractivity contribution in [3.63, 3.8) is 0 Å². The Bertz CT molecular complexity index is 790. The smallest absolute Gasteiger partial charge is 0.408 e. The highest BCUT2D eigenvalue weighted by Crippen LogP contribution is 2.27. The van der Waals surface area contributed by atoms with E-state index in [0.717, 1.165) is 0 Å². The number of benzene rings is 1. The van der Waals surface area contributed by atoms with Gasteiger partial charge in [0.15, 0.2) is 0 Å². The molecule has 33 heavy (non-hydrogen) atoms. The van der Waals surface area contributed by atoms with Crippen molar-refractivity contribution >= 4 is 29.7 Å². The summed E-state index contributed by atoms with van der Waals surface area (Å²) in [6.07, 6.45) is 1.62. The average Bonchev–Trinajstić information content (AvgIpc) is 2.67. The van der Waals surface area contributed by atoms with Crippen LogP contribution in [0.15, 0.2) is 24.3 Å². The van der Waals surface area contributed by atoms with Crippen molar-refractivity contribution in [2.24, 2.45) is 0 Å². The molecule has 8 nitrogen and oxygen atoms in total. The van der Waals surface area contributed by atoms with Crippen LogP contribution in [0.1, 0.15) is 66.5 Å². The van der Waals surface area contributed by atoms with Crippen molar-refractivity contribution in [3.8, 4) is 5.75 Å². The van der Waals surface area contributed by atoms with Gasteiger partial charge in [-0.1, -0.05) is 12.1 Å². The monoisotopic (exact) mass is 481 g/mol. The lowest BCUT2D eigenvalue weighted by Gasteiger charge is -2.37. The summed E-state index contributed by atoms with van der Waals surface area (Å²) < 4.78 is 5.36. The minimum absolute atomic E-state index is 0.0635. The number of thioether (sulfide) groups is 1. The van der Waals surface area contributed by atoms with Gasteiger partial charge in [0.25, 0.3) is 0 Å². The molecule has 0 heterocycles. The molecular weight excluding hydrogens is 442 g/mol. The maximum Gasteiger partial charge on any atom is 0.408 e. The van der Waals surface area contributed by atoms with Crippen LogP contribution in [0.3, 0.4) is 0 Å². The Morgan fingerprint density at radius 3 is 2.09 bits per heavy atom. The molecule has 0 fully saturated rings. The summed E-state index contributed by atoms with van der Waals surface area (Å²) in [5.74, 6) is -0.00522. The average molecular weight is 482 g/mol. The molecule has 1 rings (SSSR count). The second-order valence-electron chi connectivity index (χ2n) is 9.48. The summed E-state index contributed by atoms with van der Waals surface area (Å²) in [5.41, 5.74) is -0.144. The molecule has 0 aliphatic rings. The molecule has 0 aliphatic carbocycles. The lowest BCUT2D eigenvalue weighted by Crippen LogP contribution is -2.55. The van der Waals surface area contributed by atoms with E-state index >= 15 is 0 Å². The standard InChI is InChI=1S/C24H39N3O5S/c1-15(2)25-21(29)20(17-9-11-18(28)12-10-17)27(16(3)4)22(30)19(13-14-33-8)26-23(31)32-24(5,6)7/h9-12,15-16,19-20,28H,13-14H2,1-8H3,(H,25,29)(H,26,31). The van der Waals surface area contributed by atoms with E-state index in [1.807, 2.05) is 34.0 Å². The summed E-state index contributed by atoms with van der Waals surface area (Å²) >= 11 is 1.56. The zero-order valence-electron chi connectivity index (χ0n) is 21.0. The number of phenolic OH excluding ortho intramolecular Hbond substituents is 1. The van der Waals surface area contributed by atoms with Gasteiger partial charge in [0.1, 0.15) is 23.4 Å². The summed E-state index contributed by atoms with van der Waals surface area (Å²) in [5, 5.41) is 15.3. The van der Waals surface area contributed by atoms with Crippen molar-refractivity contribution in [2.75, 3.05) is 12.0 Å². The summed E-state index contributed by atoms with van der Waals surface area (Å²) in [6.45, 7) is 12.6. The van der Waals surface area contributed by atoms with Gasteiger partial charge in [-0.3, -0.25) is 9.59 Å². The quantitative estimate of drug-likeness (QED) is 0.469. The second-order valence-corrected chi connectivity index (χ2v) is 10.5. The minimum Gasteiger partial charge on any atom is -0.508 e. The number of phenols is 1. The number of carbonyl (C=O) groups excluding carboxylic acids is 3. The van der Waals surface area contributed by atoms with E-state index in [2.05, 4.69) is 10.6 Å². The largest absolute Gasteiger partial charge is 0.508 e. The fourth-order valence-corrected chi connectivity index (χ4v) is 3.73. The van der Waals surface area contributed by atoms with E-state index in [4.69, 9.17) is 4.74 Å². The fourth-order valence-electron chi connectivity index (χ4n) is 3.26. The number of ether oxygens (including phenoxy) is 1. The molecule has 0 spiro atoms. The van der Waals surface area contributed by atoms with E-state index in [0.29, 0.717) is 17.7 Å². The predicted molar refractivity (Wildman–Crippen MR) is 132 cm³/mol. The molecule has 3 amide bonds. The molecule has 2 unspecified atom stereocenters. The Balaban J connectivity index is 3.38. The molecule has 1 aromatic rings. The molecule has 9 heteroatoms. The maximum absolute atomic E-state index is 13.8. The van der Waals surface area contributed by atoms with Crippen LogP contribution in [0.25, 0.3) is 0 Å². The van der Waals surface area contributed by atoms with E-state index in [1.54, 1.807) is 44.7 Å². The predicted octanol–water partition coefficient (Wildman–Crippen LogP) is 3.84. The molecular formula is C24H39N3O5S. The number of carbonyl (C=O) groups is 3. The Kier molecular flexibility index (Phi) is 11.0. The van der Waals surface area contributed by atoms with E-state index in [-0.39, 0.29) is 29.6 Å². The summed E-state index contributed by atoms with van der Waals surface area (Å²) in [6, 6.07) is 3.95. The van der Waals surface area contributed by atoms with Gasteiger partial charge < -0.3 is 25.4 Å². The normalized spacial score (nSPS) is 13.4. The first-order chi connectivity index (χ1) is 15.3. The highest BCUT2D eigenvalue weighted by molar-refractivity contribution is 7.98. The van der Waals surface area contributed by atoms with Gasteiger partial charge in [0.05, 0.1) is 0 Å². The number of rotatable bonds is 10. The molecule has 1 aromatic carbocycles. The van der Waals surface area contributed by atoms with E-state index in [1.165, 1.54) is 17.0 Å². The second kappa shape index (κ2) is 12.7. The Hall–Kier alpha value is -2.42. The van der Waals surface area contributed by atoms with Crippen LogP contribution in [-0.4, -0.2) is 63.6 Å². The van der Waals surface area contributed by atoms with Crippen molar-refractivity contribution in [2.45, 2.75) is 84.7 Å². The summed E-state index contributed by atoms with van der Waals surface area (Å²) in [7, 11) is 0. The third kappa shape index (κ3) is 9.53. The van der Waals surface area contributed by atoms with Gasteiger partial charge >= 0.3 is 6.09 Å². The van der Waals surface area contributed by atoms with Crippen LogP contribution in [0.5, 0.6) is 5.75 Å². The van der Waals surface area contributed by atoms with Crippen molar-refractivity contribution in [1.29, 1.82) is 0 Å². The van der Waals surface area contributed by atoms with Gasteiger partial charge in [-0.2, -0.15) is 11.8 Å². The molecule has 186 valence electrons. The van der Waals surface area contributed by atoms with E-state index in [9.17, 15) is 19.5 Å². The van der Waals surface area contributed by atoms with Crippen LogP contribution in [-0.2, 0) is 14.3 Å². The molecule has 0 aliphatic heterocycles. The van der Waals surface area contributed by atoms with Gasteiger partial charge in [-0.25, -0.2) is 4.79 Å². The van der Waals surface area contributed by atoms with Gasteiger partial charge in [-0.15, -0.1) is 0 Å². The van der Waals surface area contributed by atoms with Crippen molar-refractivity contribution < 1.29 is 24.2 Å². The lowest BCUT2D eigenvalue weighted by atomic mass is 10.00. The first-order valence-electron chi connectivity index (χ1n) is 11.2. The highest BCUT2D eigenvalue weighted by Gasteiger charge is 2.37. The van der Waals surface area contributed by atoms with Crippen LogP contribution < -0.4 is 10.6 Å². The zero-order chi connectivity index (χ0) is 25.3. The first kappa shape index (κ1) is 28.6. The number of nitrogens with zero attached hydrogens (tertiary/aromatic N) is 1. The summed E-state index contributed by atoms with van der Waals surface area (Å²) in [4.78, 5) is 41.0. The highest BCUT2D eigenvalue weighted by atomic mass is 32.2. The SMILES string of the molecule is CSCCC(NC(=O)OC(C)(C)C)C(=O)N(C(C)C)C(C(=O)NC(C)C)c1ccc(O)cc1. The molecule has 2 atom stereocenters. The topological polar surface area (TPSA) is 108 Å². The molecule has 0 aromatic heterocycles. The van der Waals surface area contributed by atoms with Crippen LogP contribution in [0.2, 0.25) is 0 Å². The Labute approximate surface area is 201 Å². The van der Waals surface area contributed by atoms with Crippen LogP contribution in [0.4, 0.5) is 4.79 Å². The number of hydrogen-bond donors (Lipinski definition) is 3. The minimum atomic E-state index is -0.933. The lowest BCUT2D eigenvalue weighted by molar-refractivity contribution is -0.144. The fraction of sp³-hybridized carbons (Fsp3) is 0.625. The molecule has 0 saturated heterocycles. The molecule has 3 N–H and O–H groups in total. The van der Waals surface area contributed by atoms with Gasteiger partial charge in [0.2, 0.25) is 11.8 Å². The van der Waals surface area contributed by atoms with Crippen LogP contribution >= 0.6 is 11.8 Å².